The molecule has 1 aliphatic heterocycles. The Hall–Kier alpha value is -2.32. The van der Waals surface area contributed by atoms with Gasteiger partial charge < -0.3 is 9.57 Å². The molecule has 4 heterocycles. The number of ether oxygens (including phenoxy) is 1. The number of rotatable bonds is 3. The summed E-state index contributed by atoms with van der Waals surface area (Å²) in [4.78, 5) is 19.5. The molecule has 0 unspecified atom stereocenters. The van der Waals surface area contributed by atoms with Crippen LogP contribution in [0.5, 0.6) is 5.06 Å². The van der Waals surface area contributed by atoms with E-state index in [2.05, 4.69) is 15.1 Å². The van der Waals surface area contributed by atoms with E-state index in [1.807, 2.05) is 25.3 Å². The highest BCUT2D eigenvalue weighted by Gasteiger charge is 2.25. The van der Waals surface area contributed by atoms with Crippen molar-refractivity contribution in [2.45, 2.75) is 13.3 Å². The molecule has 6 nitrogen and oxygen atoms in total. The summed E-state index contributed by atoms with van der Waals surface area (Å²) in [5.74, 6) is 0. The van der Waals surface area contributed by atoms with Gasteiger partial charge in [-0.3, -0.25) is 4.98 Å². The Morgan fingerprint density at radius 2 is 2.17 bits per heavy atom. The average molecular weight is 358 g/mol. The van der Waals surface area contributed by atoms with Crippen LogP contribution >= 0.6 is 22.7 Å². The molecule has 3 aromatic rings. The van der Waals surface area contributed by atoms with E-state index < -0.39 is 0 Å². The summed E-state index contributed by atoms with van der Waals surface area (Å²) in [6.45, 7) is 2.59. The van der Waals surface area contributed by atoms with Crippen LogP contribution in [0.15, 0.2) is 29.7 Å². The first kappa shape index (κ1) is 15.2. The van der Waals surface area contributed by atoms with E-state index in [-0.39, 0.29) is 0 Å². The van der Waals surface area contributed by atoms with Crippen LogP contribution in [-0.2, 0) is 4.84 Å². The number of aromatic nitrogens is 3. The minimum atomic E-state index is 0.597. The van der Waals surface area contributed by atoms with Crippen molar-refractivity contribution in [1.29, 1.82) is 0 Å². The summed E-state index contributed by atoms with van der Waals surface area (Å²) >= 11 is 3.14. The smallest absolute Gasteiger partial charge is 0.204 e. The fraction of sp³-hybridized carbons (Fsp3) is 0.250. The summed E-state index contributed by atoms with van der Waals surface area (Å²) in [5, 5.41) is 6.70. The van der Waals surface area contributed by atoms with Gasteiger partial charge in [0.2, 0.25) is 5.06 Å². The molecule has 0 aromatic carbocycles. The highest BCUT2D eigenvalue weighted by Crippen LogP contribution is 2.42. The third kappa shape index (κ3) is 2.67. The topological polar surface area (TPSA) is 69.5 Å². The summed E-state index contributed by atoms with van der Waals surface area (Å²) in [6.07, 6.45) is 4.28. The number of fused-ring (bicyclic) bond motifs is 1. The molecule has 0 atom stereocenters. The maximum absolute atomic E-state index is 5.73. The summed E-state index contributed by atoms with van der Waals surface area (Å²) in [7, 11) is 1.54. The molecule has 0 N–H and O–H groups in total. The minimum Gasteiger partial charge on any atom is -0.482 e. The number of thiazole rings is 2. The Bertz CT molecular complexity index is 902. The van der Waals surface area contributed by atoms with Gasteiger partial charge in [0.15, 0.2) is 0 Å². The Morgan fingerprint density at radius 3 is 2.96 bits per heavy atom. The monoisotopic (exact) mass is 358 g/mol. The zero-order valence-electron chi connectivity index (χ0n) is 13.1. The molecule has 4 rings (SSSR count). The fourth-order valence-electron chi connectivity index (χ4n) is 2.45. The normalized spacial score (nSPS) is 15.2. The Morgan fingerprint density at radius 1 is 1.25 bits per heavy atom. The van der Waals surface area contributed by atoms with Gasteiger partial charge in [-0.1, -0.05) is 16.5 Å². The van der Waals surface area contributed by atoms with Crippen LogP contribution in [0.4, 0.5) is 0 Å². The SMILES string of the molecule is CON=C1CCOc2sc(-c3sc(-c4cccnc4)nc3C)nc21. The van der Waals surface area contributed by atoms with Crippen LogP contribution in [0.25, 0.3) is 20.5 Å². The van der Waals surface area contributed by atoms with Crippen molar-refractivity contribution in [2.24, 2.45) is 5.16 Å². The van der Waals surface area contributed by atoms with Crippen molar-refractivity contribution in [3.8, 4) is 25.5 Å². The second-order valence-corrected chi connectivity index (χ2v) is 7.11. The van der Waals surface area contributed by atoms with Gasteiger partial charge in [-0.05, 0) is 19.1 Å². The summed E-state index contributed by atoms with van der Waals surface area (Å²) < 4.78 is 5.73. The Labute approximate surface area is 146 Å². The third-order valence-electron chi connectivity index (χ3n) is 3.54. The van der Waals surface area contributed by atoms with Crippen molar-refractivity contribution in [3.63, 3.8) is 0 Å². The van der Waals surface area contributed by atoms with Crippen LogP contribution in [0.3, 0.4) is 0 Å². The van der Waals surface area contributed by atoms with E-state index in [0.717, 1.165) is 42.6 Å². The molecule has 0 amide bonds. The molecule has 0 radical (unpaired) electrons. The van der Waals surface area contributed by atoms with Crippen LogP contribution in [-0.4, -0.2) is 34.4 Å². The molecule has 24 heavy (non-hydrogen) atoms. The van der Waals surface area contributed by atoms with Gasteiger partial charge in [-0.25, -0.2) is 9.97 Å². The Kier molecular flexibility index (Phi) is 3.99. The van der Waals surface area contributed by atoms with Gasteiger partial charge >= 0.3 is 0 Å². The predicted molar refractivity (Wildman–Crippen MR) is 94.8 cm³/mol. The lowest BCUT2D eigenvalue weighted by atomic mass is 10.2. The number of nitrogens with zero attached hydrogens (tertiary/aromatic N) is 4. The largest absolute Gasteiger partial charge is 0.482 e. The number of pyridine rings is 1. The van der Waals surface area contributed by atoms with E-state index in [1.54, 1.807) is 24.6 Å². The van der Waals surface area contributed by atoms with Crippen molar-refractivity contribution >= 4 is 28.4 Å². The fourth-order valence-corrected chi connectivity index (χ4v) is 4.60. The van der Waals surface area contributed by atoms with Crippen molar-refractivity contribution in [1.82, 2.24) is 15.0 Å². The first-order valence-electron chi connectivity index (χ1n) is 7.38. The van der Waals surface area contributed by atoms with Crippen LogP contribution in [0.1, 0.15) is 17.8 Å². The van der Waals surface area contributed by atoms with Gasteiger partial charge in [0.25, 0.3) is 0 Å². The molecular formula is C16H14N4O2S2. The molecule has 0 spiro atoms. The average Bonchev–Trinajstić information content (AvgIpc) is 3.20. The van der Waals surface area contributed by atoms with E-state index in [4.69, 9.17) is 14.6 Å². The quantitative estimate of drug-likeness (QED) is 0.667. The van der Waals surface area contributed by atoms with E-state index in [9.17, 15) is 0 Å². The van der Waals surface area contributed by atoms with Crippen molar-refractivity contribution in [2.75, 3.05) is 13.7 Å². The molecule has 0 saturated carbocycles. The molecule has 122 valence electrons. The van der Waals surface area contributed by atoms with Gasteiger partial charge in [0.05, 0.1) is 17.2 Å². The second-order valence-electron chi connectivity index (χ2n) is 5.15. The van der Waals surface area contributed by atoms with Crippen LogP contribution in [0, 0.1) is 6.92 Å². The molecule has 0 aliphatic carbocycles. The molecule has 1 aliphatic rings. The van der Waals surface area contributed by atoms with Crippen molar-refractivity contribution < 1.29 is 9.57 Å². The first-order valence-corrected chi connectivity index (χ1v) is 9.02. The maximum Gasteiger partial charge on any atom is 0.204 e. The lowest BCUT2D eigenvalue weighted by molar-refractivity contribution is 0.210. The second kappa shape index (κ2) is 6.29. The van der Waals surface area contributed by atoms with E-state index >= 15 is 0 Å². The van der Waals surface area contributed by atoms with Crippen molar-refractivity contribution in [3.05, 3.63) is 35.9 Å². The summed E-state index contributed by atoms with van der Waals surface area (Å²) in [5.41, 5.74) is 3.57. The predicted octanol–water partition coefficient (Wildman–Crippen LogP) is 3.77. The third-order valence-corrected chi connectivity index (χ3v) is 5.87. The van der Waals surface area contributed by atoms with Gasteiger partial charge in [-0.2, -0.15) is 0 Å². The molecule has 0 bridgehead atoms. The molecule has 8 heteroatoms. The number of hydrogen-bond donors (Lipinski definition) is 0. The zero-order valence-corrected chi connectivity index (χ0v) is 14.8. The van der Waals surface area contributed by atoms with Gasteiger partial charge in [-0.15, -0.1) is 11.3 Å². The number of oxime groups is 1. The van der Waals surface area contributed by atoms with E-state index in [1.165, 1.54) is 11.3 Å². The summed E-state index contributed by atoms with van der Waals surface area (Å²) in [6, 6.07) is 3.92. The molecular weight excluding hydrogens is 344 g/mol. The highest BCUT2D eigenvalue weighted by atomic mass is 32.1. The van der Waals surface area contributed by atoms with Crippen LogP contribution < -0.4 is 4.74 Å². The van der Waals surface area contributed by atoms with Crippen LogP contribution in [0.2, 0.25) is 0 Å². The number of aryl methyl sites for hydroxylation is 1. The number of hydrogen-bond acceptors (Lipinski definition) is 8. The highest BCUT2D eigenvalue weighted by molar-refractivity contribution is 7.24. The minimum absolute atomic E-state index is 0.597. The van der Waals surface area contributed by atoms with E-state index in [0.29, 0.717) is 13.0 Å². The lowest BCUT2D eigenvalue weighted by Gasteiger charge is -2.12. The standard InChI is InChI=1S/C16H14N4O2S2/c1-9-13(23-14(18-9)10-4-3-6-17-8-10)15-19-12-11(20-21-2)5-7-22-16(12)24-15/h3-4,6,8H,5,7H2,1-2H3. The lowest BCUT2D eigenvalue weighted by Crippen LogP contribution is -2.15. The molecule has 0 fully saturated rings. The zero-order chi connectivity index (χ0) is 16.5. The molecule has 0 saturated heterocycles. The van der Waals surface area contributed by atoms with Gasteiger partial charge in [0.1, 0.15) is 28.5 Å². The molecule has 3 aromatic heterocycles. The maximum atomic E-state index is 5.73. The Balaban J connectivity index is 1.75. The van der Waals surface area contributed by atoms with Gasteiger partial charge in [0, 0.05) is 24.4 Å². The first-order chi connectivity index (χ1) is 11.8.